The Balaban J connectivity index is 3.98. The van der Waals surface area contributed by atoms with Crippen molar-refractivity contribution in [2.75, 3.05) is 20.3 Å². The van der Waals surface area contributed by atoms with Crippen molar-refractivity contribution in [3.63, 3.8) is 0 Å². The molecule has 0 aliphatic rings. The molecule has 0 aliphatic heterocycles. The summed E-state index contributed by atoms with van der Waals surface area (Å²) in [6.07, 6.45) is 14.7. The molecule has 2 heteroatoms. The van der Waals surface area contributed by atoms with Crippen LogP contribution < -0.4 is 5.32 Å². The Labute approximate surface area is 128 Å². The van der Waals surface area contributed by atoms with Gasteiger partial charge in [-0.05, 0) is 32.7 Å². The Hall–Kier alpha value is -0.0800. The van der Waals surface area contributed by atoms with E-state index in [-0.39, 0.29) is 0 Å². The van der Waals surface area contributed by atoms with Gasteiger partial charge in [0.15, 0.2) is 0 Å². The van der Waals surface area contributed by atoms with Crippen molar-refractivity contribution in [1.82, 2.24) is 5.32 Å². The van der Waals surface area contributed by atoms with Crippen LogP contribution in [-0.2, 0) is 4.74 Å². The average molecular weight is 286 g/mol. The molecular formula is C18H39NO. The maximum Gasteiger partial charge on any atom is 0.0474 e. The van der Waals surface area contributed by atoms with Crippen molar-refractivity contribution < 1.29 is 4.74 Å². The van der Waals surface area contributed by atoms with E-state index >= 15 is 0 Å². The fourth-order valence-electron chi connectivity index (χ4n) is 2.79. The van der Waals surface area contributed by atoms with Gasteiger partial charge in [0.1, 0.15) is 0 Å². The second-order valence-electron chi connectivity index (χ2n) is 6.46. The molecule has 1 N–H and O–H groups in total. The summed E-state index contributed by atoms with van der Waals surface area (Å²) in [4.78, 5) is 0. The molecule has 0 aliphatic carbocycles. The highest BCUT2D eigenvalue weighted by atomic mass is 16.5. The van der Waals surface area contributed by atoms with Gasteiger partial charge in [-0.15, -0.1) is 0 Å². The lowest BCUT2D eigenvalue weighted by Gasteiger charge is -2.31. The summed E-state index contributed by atoms with van der Waals surface area (Å²) < 4.78 is 5.14. The zero-order valence-electron chi connectivity index (χ0n) is 14.6. The van der Waals surface area contributed by atoms with Gasteiger partial charge in [0.25, 0.3) is 0 Å². The average Bonchev–Trinajstić information content (AvgIpc) is 2.45. The molecule has 20 heavy (non-hydrogen) atoms. The van der Waals surface area contributed by atoms with Crippen LogP contribution in [0, 0.1) is 0 Å². The molecule has 0 fully saturated rings. The molecule has 0 amide bonds. The van der Waals surface area contributed by atoms with E-state index in [4.69, 9.17) is 4.74 Å². The van der Waals surface area contributed by atoms with Crippen molar-refractivity contribution >= 4 is 0 Å². The van der Waals surface area contributed by atoms with Crippen LogP contribution in [0.3, 0.4) is 0 Å². The summed E-state index contributed by atoms with van der Waals surface area (Å²) in [5.41, 5.74) is 0.342. The molecular weight excluding hydrogens is 246 g/mol. The van der Waals surface area contributed by atoms with Crippen molar-refractivity contribution in [3.8, 4) is 0 Å². The predicted molar refractivity (Wildman–Crippen MR) is 90.4 cm³/mol. The summed E-state index contributed by atoms with van der Waals surface area (Å²) in [5, 5.41) is 3.80. The number of nitrogens with one attached hydrogen (secondary N) is 1. The van der Waals surface area contributed by atoms with Crippen LogP contribution >= 0.6 is 0 Å². The van der Waals surface area contributed by atoms with Gasteiger partial charge in [-0.2, -0.15) is 0 Å². The SMILES string of the molecule is CCCCCCC(C)(CCCCCC)NCCCOC. The van der Waals surface area contributed by atoms with Gasteiger partial charge in [-0.3, -0.25) is 0 Å². The summed E-state index contributed by atoms with van der Waals surface area (Å²) in [6.45, 7) is 8.96. The highest BCUT2D eigenvalue weighted by molar-refractivity contribution is 4.83. The Kier molecular flexibility index (Phi) is 13.8. The topological polar surface area (TPSA) is 21.3 Å². The predicted octanol–water partition coefficient (Wildman–Crippen LogP) is 5.31. The summed E-state index contributed by atoms with van der Waals surface area (Å²) in [5.74, 6) is 0. The van der Waals surface area contributed by atoms with Crippen molar-refractivity contribution in [2.24, 2.45) is 0 Å². The molecule has 0 rings (SSSR count). The third-order valence-corrected chi connectivity index (χ3v) is 4.24. The van der Waals surface area contributed by atoms with Gasteiger partial charge < -0.3 is 10.1 Å². The van der Waals surface area contributed by atoms with E-state index in [9.17, 15) is 0 Å². The molecule has 122 valence electrons. The van der Waals surface area contributed by atoms with Gasteiger partial charge in [0.2, 0.25) is 0 Å². The Morgan fingerprint density at radius 3 is 1.80 bits per heavy atom. The molecule has 0 aromatic rings. The molecule has 0 bridgehead atoms. The van der Waals surface area contributed by atoms with Gasteiger partial charge in [0, 0.05) is 19.3 Å². The highest BCUT2D eigenvalue weighted by Crippen LogP contribution is 2.22. The largest absolute Gasteiger partial charge is 0.385 e. The van der Waals surface area contributed by atoms with Crippen LogP contribution in [0.5, 0.6) is 0 Å². The number of unbranched alkanes of at least 4 members (excludes halogenated alkanes) is 6. The standard InChI is InChI=1S/C18H39NO/c1-5-7-9-11-14-18(3,15-12-10-8-6-2)19-16-13-17-20-4/h19H,5-17H2,1-4H3. The molecule has 2 nitrogen and oxygen atoms in total. The van der Waals surface area contributed by atoms with E-state index in [0.29, 0.717) is 5.54 Å². The molecule has 0 saturated heterocycles. The quantitative estimate of drug-likeness (QED) is 0.412. The minimum atomic E-state index is 0.342. The summed E-state index contributed by atoms with van der Waals surface area (Å²) in [6, 6.07) is 0. The lowest BCUT2D eigenvalue weighted by molar-refractivity contribution is 0.187. The highest BCUT2D eigenvalue weighted by Gasteiger charge is 2.21. The zero-order valence-corrected chi connectivity index (χ0v) is 14.6. The molecule has 0 unspecified atom stereocenters. The van der Waals surface area contributed by atoms with Crippen LogP contribution in [0.2, 0.25) is 0 Å². The van der Waals surface area contributed by atoms with Crippen LogP contribution in [0.1, 0.15) is 91.4 Å². The minimum Gasteiger partial charge on any atom is -0.385 e. The smallest absolute Gasteiger partial charge is 0.0474 e. The van der Waals surface area contributed by atoms with Crippen molar-refractivity contribution in [1.29, 1.82) is 0 Å². The first kappa shape index (κ1) is 19.9. The number of hydrogen-bond donors (Lipinski definition) is 1. The Morgan fingerprint density at radius 2 is 1.35 bits per heavy atom. The van der Waals surface area contributed by atoms with Gasteiger partial charge in [0.05, 0.1) is 0 Å². The van der Waals surface area contributed by atoms with Gasteiger partial charge >= 0.3 is 0 Å². The Morgan fingerprint density at radius 1 is 0.800 bits per heavy atom. The van der Waals surface area contributed by atoms with Crippen LogP contribution in [0.4, 0.5) is 0 Å². The first-order valence-corrected chi connectivity index (χ1v) is 8.92. The molecule has 0 saturated carbocycles. The molecule has 0 atom stereocenters. The number of ether oxygens (including phenoxy) is 1. The fraction of sp³-hybridized carbons (Fsp3) is 1.00. The first-order valence-electron chi connectivity index (χ1n) is 8.92. The van der Waals surface area contributed by atoms with E-state index in [1.54, 1.807) is 7.11 Å². The van der Waals surface area contributed by atoms with E-state index in [2.05, 4.69) is 26.1 Å². The molecule has 0 aromatic heterocycles. The van der Waals surface area contributed by atoms with E-state index in [0.717, 1.165) is 19.6 Å². The van der Waals surface area contributed by atoms with Crippen molar-refractivity contribution in [2.45, 2.75) is 96.9 Å². The number of methoxy groups -OCH3 is 1. The van der Waals surface area contributed by atoms with Gasteiger partial charge in [-0.25, -0.2) is 0 Å². The third kappa shape index (κ3) is 11.7. The lowest BCUT2D eigenvalue weighted by atomic mass is 9.88. The fourth-order valence-corrected chi connectivity index (χ4v) is 2.79. The monoisotopic (exact) mass is 285 g/mol. The zero-order chi connectivity index (χ0) is 15.1. The maximum atomic E-state index is 5.14. The van der Waals surface area contributed by atoms with Crippen LogP contribution in [0.15, 0.2) is 0 Å². The van der Waals surface area contributed by atoms with Gasteiger partial charge in [-0.1, -0.05) is 65.2 Å². The molecule has 0 aromatic carbocycles. The molecule has 0 heterocycles. The van der Waals surface area contributed by atoms with E-state index < -0.39 is 0 Å². The summed E-state index contributed by atoms with van der Waals surface area (Å²) >= 11 is 0. The number of hydrogen-bond acceptors (Lipinski definition) is 2. The third-order valence-electron chi connectivity index (χ3n) is 4.24. The summed E-state index contributed by atoms with van der Waals surface area (Å²) in [7, 11) is 1.79. The van der Waals surface area contributed by atoms with Crippen LogP contribution in [-0.4, -0.2) is 25.8 Å². The first-order chi connectivity index (χ1) is 9.68. The van der Waals surface area contributed by atoms with Crippen LogP contribution in [0.25, 0.3) is 0 Å². The normalized spacial score (nSPS) is 12.0. The van der Waals surface area contributed by atoms with Crippen molar-refractivity contribution in [3.05, 3.63) is 0 Å². The lowest BCUT2D eigenvalue weighted by Crippen LogP contribution is -2.43. The second-order valence-corrected chi connectivity index (χ2v) is 6.46. The minimum absolute atomic E-state index is 0.342. The maximum absolute atomic E-state index is 5.14. The second kappa shape index (κ2) is 13.9. The van der Waals surface area contributed by atoms with E-state index in [1.165, 1.54) is 64.2 Å². The molecule has 0 radical (unpaired) electrons. The van der Waals surface area contributed by atoms with E-state index in [1.807, 2.05) is 0 Å². The molecule has 0 spiro atoms. The Bertz CT molecular complexity index is 163. The number of rotatable bonds is 15.